The summed E-state index contributed by atoms with van der Waals surface area (Å²) in [7, 11) is 0. The highest BCUT2D eigenvalue weighted by molar-refractivity contribution is 6.20. The Bertz CT molecular complexity index is 124. The molecule has 0 bridgehead atoms. The van der Waals surface area contributed by atoms with Crippen molar-refractivity contribution >= 4 is 11.6 Å². The van der Waals surface area contributed by atoms with Gasteiger partial charge in [-0.15, -0.1) is 11.6 Å². The summed E-state index contributed by atoms with van der Waals surface area (Å²) in [5.41, 5.74) is 0. The number of hydrogen-bond donors (Lipinski definition) is 1. The van der Waals surface area contributed by atoms with Gasteiger partial charge in [-0.25, -0.2) is 0 Å². The van der Waals surface area contributed by atoms with E-state index in [0.717, 1.165) is 19.7 Å². The van der Waals surface area contributed by atoms with E-state index in [-0.39, 0.29) is 5.38 Å². The van der Waals surface area contributed by atoms with E-state index in [9.17, 15) is 0 Å². The molecular formula is C10H20ClNO. The maximum absolute atomic E-state index is 5.80. The minimum atomic E-state index is 0.239. The zero-order valence-corrected chi connectivity index (χ0v) is 9.15. The third-order valence-electron chi connectivity index (χ3n) is 2.33. The van der Waals surface area contributed by atoms with Crippen molar-refractivity contribution in [3.8, 4) is 0 Å². The molecule has 1 aliphatic heterocycles. The standard InChI is InChI=1S/C10H20ClNO/c1-9(11)8-12-6-2-4-10-5-3-7-13-10/h9-10,12H,2-8H2,1H3. The largest absolute Gasteiger partial charge is 0.378 e. The van der Waals surface area contributed by atoms with Crippen molar-refractivity contribution in [3.05, 3.63) is 0 Å². The highest BCUT2D eigenvalue weighted by Crippen LogP contribution is 2.16. The molecule has 1 aliphatic rings. The Balaban J connectivity index is 1.83. The summed E-state index contributed by atoms with van der Waals surface area (Å²) in [6, 6.07) is 0. The summed E-state index contributed by atoms with van der Waals surface area (Å²) < 4.78 is 5.53. The van der Waals surface area contributed by atoms with E-state index in [1.54, 1.807) is 0 Å². The number of halogens is 1. The molecule has 2 unspecified atom stereocenters. The molecule has 1 fully saturated rings. The number of hydrogen-bond acceptors (Lipinski definition) is 2. The van der Waals surface area contributed by atoms with Crippen LogP contribution in [0, 0.1) is 0 Å². The number of rotatable bonds is 6. The first-order valence-corrected chi connectivity index (χ1v) is 5.69. The van der Waals surface area contributed by atoms with E-state index >= 15 is 0 Å². The summed E-state index contributed by atoms with van der Waals surface area (Å²) in [5.74, 6) is 0. The molecular weight excluding hydrogens is 186 g/mol. The lowest BCUT2D eigenvalue weighted by Crippen LogP contribution is -2.23. The van der Waals surface area contributed by atoms with Gasteiger partial charge in [-0.1, -0.05) is 0 Å². The second kappa shape index (κ2) is 6.63. The van der Waals surface area contributed by atoms with E-state index in [1.807, 2.05) is 6.92 Å². The van der Waals surface area contributed by atoms with Gasteiger partial charge in [0.25, 0.3) is 0 Å². The molecule has 0 aromatic carbocycles. The lowest BCUT2D eigenvalue weighted by Gasteiger charge is -2.09. The molecule has 1 heterocycles. The average molecular weight is 206 g/mol. The Morgan fingerprint density at radius 2 is 2.46 bits per heavy atom. The van der Waals surface area contributed by atoms with Gasteiger partial charge in [0.2, 0.25) is 0 Å². The summed E-state index contributed by atoms with van der Waals surface area (Å²) in [4.78, 5) is 0. The van der Waals surface area contributed by atoms with Crippen LogP contribution in [0.3, 0.4) is 0 Å². The summed E-state index contributed by atoms with van der Waals surface area (Å²) in [6.07, 6.45) is 5.44. The fraction of sp³-hybridized carbons (Fsp3) is 1.00. The maximum atomic E-state index is 5.80. The quantitative estimate of drug-likeness (QED) is 0.530. The average Bonchev–Trinajstić information content (AvgIpc) is 2.55. The van der Waals surface area contributed by atoms with E-state index in [1.165, 1.54) is 25.7 Å². The molecule has 0 saturated carbocycles. The molecule has 3 heteroatoms. The molecule has 0 spiro atoms. The molecule has 13 heavy (non-hydrogen) atoms. The molecule has 0 aromatic heterocycles. The van der Waals surface area contributed by atoms with E-state index in [0.29, 0.717) is 6.10 Å². The van der Waals surface area contributed by atoms with Crippen LogP contribution in [0.25, 0.3) is 0 Å². The smallest absolute Gasteiger partial charge is 0.0576 e. The first kappa shape index (κ1) is 11.3. The van der Waals surface area contributed by atoms with E-state index < -0.39 is 0 Å². The Labute approximate surface area is 86.0 Å². The molecule has 2 nitrogen and oxygen atoms in total. The van der Waals surface area contributed by atoms with Crippen molar-refractivity contribution in [2.24, 2.45) is 0 Å². The van der Waals surface area contributed by atoms with Crippen LogP contribution >= 0.6 is 11.6 Å². The molecule has 2 atom stereocenters. The summed E-state index contributed by atoms with van der Waals surface area (Å²) in [6.45, 7) is 4.95. The predicted molar refractivity (Wildman–Crippen MR) is 56.4 cm³/mol. The number of nitrogens with one attached hydrogen (secondary N) is 1. The lowest BCUT2D eigenvalue weighted by molar-refractivity contribution is 0.102. The minimum Gasteiger partial charge on any atom is -0.378 e. The van der Waals surface area contributed by atoms with Crippen LogP contribution in [0.4, 0.5) is 0 Å². The molecule has 1 saturated heterocycles. The van der Waals surface area contributed by atoms with Crippen LogP contribution in [0.5, 0.6) is 0 Å². The van der Waals surface area contributed by atoms with E-state index in [4.69, 9.17) is 16.3 Å². The topological polar surface area (TPSA) is 21.3 Å². The maximum Gasteiger partial charge on any atom is 0.0576 e. The SMILES string of the molecule is CC(Cl)CNCCCC1CCCO1. The number of alkyl halides is 1. The van der Waals surface area contributed by atoms with Gasteiger partial charge in [-0.05, 0) is 39.2 Å². The first-order valence-electron chi connectivity index (χ1n) is 5.25. The monoisotopic (exact) mass is 205 g/mol. The normalized spacial score (nSPS) is 24.9. The van der Waals surface area contributed by atoms with Crippen molar-refractivity contribution < 1.29 is 4.74 Å². The summed E-state index contributed by atoms with van der Waals surface area (Å²) in [5, 5.41) is 3.56. The molecule has 0 aromatic rings. The lowest BCUT2D eigenvalue weighted by atomic mass is 10.1. The molecule has 0 radical (unpaired) electrons. The Morgan fingerprint density at radius 3 is 3.08 bits per heavy atom. The van der Waals surface area contributed by atoms with Crippen LogP contribution in [0.2, 0.25) is 0 Å². The minimum absolute atomic E-state index is 0.239. The van der Waals surface area contributed by atoms with Gasteiger partial charge in [-0.2, -0.15) is 0 Å². The zero-order valence-electron chi connectivity index (χ0n) is 8.39. The second-order valence-electron chi connectivity index (χ2n) is 3.76. The van der Waals surface area contributed by atoms with Crippen LogP contribution in [-0.2, 0) is 4.74 Å². The Hall–Kier alpha value is 0.210. The third-order valence-corrected chi connectivity index (χ3v) is 2.48. The van der Waals surface area contributed by atoms with Crippen LogP contribution in [-0.4, -0.2) is 31.2 Å². The van der Waals surface area contributed by atoms with Gasteiger partial charge in [0.05, 0.1) is 6.10 Å². The zero-order chi connectivity index (χ0) is 9.52. The first-order chi connectivity index (χ1) is 6.29. The van der Waals surface area contributed by atoms with Gasteiger partial charge in [0.1, 0.15) is 0 Å². The van der Waals surface area contributed by atoms with Gasteiger partial charge in [0, 0.05) is 18.5 Å². The third kappa shape index (κ3) is 5.50. The molecule has 0 amide bonds. The predicted octanol–water partition coefficient (Wildman–Crippen LogP) is 2.16. The molecule has 0 aliphatic carbocycles. The van der Waals surface area contributed by atoms with Crippen LogP contribution < -0.4 is 5.32 Å². The summed E-state index contributed by atoms with van der Waals surface area (Å²) >= 11 is 5.80. The van der Waals surface area contributed by atoms with Crippen LogP contribution in [0.1, 0.15) is 32.6 Å². The Kier molecular flexibility index (Phi) is 5.76. The highest BCUT2D eigenvalue weighted by atomic mass is 35.5. The van der Waals surface area contributed by atoms with Crippen LogP contribution in [0.15, 0.2) is 0 Å². The van der Waals surface area contributed by atoms with Crippen molar-refractivity contribution in [3.63, 3.8) is 0 Å². The van der Waals surface area contributed by atoms with Gasteiger partial charge < -0.3 is 10.1 Å². The van der Waals surface area contributed by atoms with Crippen molar-refractivity contribution in [2.45, 2.75) is 44.1 Å². The molecule has 1 rings (SSSR count). The molecule has 78 valence electrons. The van der Waals surface area contributed by atoms with Gasteiger partial charge in [-0.3, -0.25) is 0 Å². The fourth-order valence-electron chi connectivity index (χ4n) is 1.63. The Morgan fingerprint density at radius 1 is 1.62 bits per heavy atom. The van der Waals surface area contributed by atoms with Gasteiger partial charge >= 0.3 is 0 Å². The van der Waals surface area contributed by atoms with Gasteiger partial charge in [0.15, 0.2) is 0 Å². The van der Waals surface area contributed by atoms with Crippen molar-refractivity contribution in [2.75, 3.05) is 19.7 Å². The fourth-order valence-corrected chi connectivity index (χ4v) is 1.74. The highest BCUT2D eigenvalue weighted by Gasteiger charge is 2.14. The second-order valence-corrected chi connectivity index (χ2v) is 4.51. The van der Waals surface area contributed by atoms with E-state index in [2.05, 4.69) is 5.32 Å². The van der Waals surface area contributed by atoms with Crippen molar-refractivity contribution in [1.29, 1.82) is 0 Å². The number of ether oxygens (including phenoxy) is 1. The van der Waals surface area contributed by atoms with Crippen molar-refractivity contribution in [1.82, 2.24) is 5.32 Å². The molecule has 1 N–H and O–H groups in total.